The molecule has 0 radical (unpaired) electrons. The van der Waals surface area contributed by atoms with Crippen LogP contribution in [0.3, 0.4) is 0 Å². The molecule has 3 aromatic rings. The van der Waals surface area contributed by atoms with Crippen LogP contribution in [0.25, 0.3) is 5.76 Å². The number of hydrogen-bond acceptors (Lipinski definition) is 5. The Hall–Kier alpha value is -4.06. The van der Waals surface area contributed by atoms with E-state index in [9.17, 15) is 14.7 Å². The fraction of sp³-hybridized carbons (Fsp3) is 0.185. The van der Waals surface area contributed by atoms with Crippen molar-refractivity contribution < 1.29 is 24.2 Å². The smallest absolute Gasteiger partial charge is 0.300 e. The predicted molar refractivity (Wildman–Crippen MR) is 126 cm³/mol. The number of aliphatic hydroxyl groups excluding tert-OH is 1. The summed E-state index contributed by atoms with van der Waals surface area (Å²) < 4.78 is 11.0. The first-order valence-corrected chi connectivity index (χ1v) is 10.7. The number of methoxy groups -OCH3 is 1. The lowest BCUT2D eigenvalue weighted by atomic mass is 9.95. The van der Waals surface area contributed by atoms with Gasteiger partial charge in [-0.15, -0.1) is 0 Å². The molecule has 1 aliphatic heterocycles. The lowest BCUT2D eigenvalue weighted by molar-refractivity contribution is -0.132. The van der Waals surface area contributed by atoms with Crippen LogP contribution in [0, 0.1) is 0 Å². The maximum absolute atomic E-state index is 13.2. The Kier molecular flexibility index (Phi) is 6.18. The topological polar surface area (TPSA) is 76.1 Å². The molecule has 6 nitrogen and oxygen atoms in total. The summed E-state index contributed by atoms with van der Waals surface area (Å²) in [6, 6.07) is 22.0. The number of hydrogen-bond donors (Lipinski definition) is 1. The van der Waals surface area contributed by atoms with Crippen molar-refractivity contribution in [2.24, 2.45) is 0 Å². The number of carbonyl (C=O) groups excluding carboxylic acids is 2. The average molecular weight is 443 g/mol. The Balaban J connectivity index is 1.85. The van der Waals surface area contributed by atoms with Gasteiger partial charge in [0.1, 0.15) is 17.3 Å². The third-order valence-corrected chi connectivity index (χ3v) is 5.41. The minimum absolute atomic E-state index is 0.00949. The first kappa shape index (κ1) is 22.1. The zero-order valence-corrected chi connectivity index (χ0v) is 18.7. The van der Waals surface area contributed by atoms with Crippen molar-refractivity contribution in [3.8, 4) is 11.5 Å². The van der Waals surface area contributed by atoms with Crippen LogP contribution in [0.15, 0.2) is 84.4 Å². The van der Waals surface area contributed by atoms with Crippen molar-refractivity contribution in [1.29, 1.82) is 0 Å². The van der Waals surface area contributed by atoms with Crippen LogP contribution in [0.1, 0.15) is 31.0 Å². The lowest BCUT2D eigenvalue weighted by Gasteiger charge is -2.26. The quantitative estimate of drug-likeness (QED) is 0.326. The van der Waals surface area contributed by atoms with Gasteiger partial charge in [-0.3, -0.25) is 14.5 Å². The molecule has 0 spiro atoms. The molecule has 1 aliphatic rings. The second-order valence-corrected chi connectivity index (χ2v) is 7.97. The summed E-state index contributed by atoms with van der Waals surface area (Å²) in [7, 11) is 1.57. The number of nitrogens with zero attached hydrogens (tertiary/aromatic N) is 1. The SMILES string of the molecule is COc1ccc(C2/C(=C(\O)c3ccccc3)C(=O)C(=O)N2c2ccc(OC(C)C)cc2)cc1. The van der Waals surface area contributed by atoms with Gasteiger partial charge in [0, 0.05) is 11.3 Å². The maximum Gasteiger partial charge on any atom is 0.300 e. The van der Waals surface area contributed by atoms with E-state index in [4.69, 9.17) is 9.47 Å². The Morgan fingerprint density at radius 3 is 2.06 bits per heavy atom. The summed E-state index contributed by atoms with van der Waals surface area (Å²) in [5, 5.41) is 11.1. The Labute approximate surface area is 192 Å². The Morgan fingerprint density at radius 2 is 1.48 bits per heavy atom. The van der Waals surface area contributed by atoms with Crippen LogP contribution in [0.5, 0.6) is 11.5 Å². The highest BCUT2D eigenvalue weighted by atomic mass is 16.5. The van der Waals surface area contributed by atoms with Gasteiger partial charge >= 0.3 is 0 Å². The summed E-state index contributed by atoms with van der Waals surface area (Å²) >= 11 is 0. The van der Waals surface area contributed by atoms with E-state index in [2.05, 4.69) is 0 Å². The van der Waals surface area contributed by atoms with E-state index in [0.29, 0.717) is 28.3 Å². The van der Waals surface area contributed by atoms with Crippen LogP contribution in [0.2, 0.25) is 0 Å². The number of aliphatic hydroxyl groups is 1. The van der Waals surface area contributed by atoms with Crippen LogP contribution in [0.4, 0.5) is 5.69 Å². The van der Waals surface area contributed by atoms with Gasteiger partial charge in [0.25, 0.3) is 11.7 Å². The van der Waals surface area contributed by atoms with Crippen molar-refractivity contribution in [2.75, 3.05) is 12.0 Å². The van der Waals surface area contributed by atoms with E-state index in [1.54, 1.807) is 79.9 Å². The molecular formula is C27H25NO5. The number of amides is 1. The monoisotopic (exact) mass is 443 g/mol. The van der Waals surface area contributed by atoms with Gasteiger partial charge in [-0.1, -0.05) is 42.5 Å². The summed E-state index contributed by atoms with van der Waals surface area (Å²) in [6.45, 7) is 3.86. The lowest BCUT2D eigenvalue weighted by Crippen LogP contribution is -2.29. The van der Waals surface area contributed by atoms with Crippen molar-refractivity contribution in [2.45, 2.75) is 26.0 Å². The molecule has 33 heavy (non-hydrogen) atoms. The molecule has 1 N–H and O–H groups in total. The van der Waals surface area contributed by atoms with Gasteiger partial charge < -0.3 is 14.6 Å². The molecule has 0 saturated carbocycles. The van der Waals surface area contributed by atoms with Crippen LogP contribution in [-0.2, 0) is 9.59 Å². The second kappa shape index (κ2) is 9.20. The third kappa shape index (κ3) is 4.32. The molecule has 4 rings (SSSR count). The number of rotatable bonds is 6. The van der Waals surface area contributed by atoms with Gasteiger partial charge in [0.15, 0.2) is 0 Å². The predicted octanol–water partition coefficient (Wildman–Crippen LogP) is 5.11. The second-order valence-electron chi connectivity index (χ2n) is 7.97. The fourth-order valence-corrected chi connectivity index (χ4v) is 3.91. The van der Waals surface area contributed by atoms with Crippen LogP contribution < -0.4 is 14.4 Å². The zero-order chi connectivity index (χ0) is 23.5. The molecule has 0 aromatic heterocycles. The summed E-state index contributed by atoms with van der Waals surface area (Å²) in [5.74, 6) is -0.341. The molecule has 0 bridgehead atoms. The molecule has 1 atom stereocenters. The highest BCUT2D eigenvalue weighted by Gasteiger charge is 2.46. The first-order valence-electron chi connectivity index (χ1n) is 10.7. The van der Waals surface area contributed by atoms with E-state index >= 15 is 0 Å². The van der Waals surface area contributed by atoms with Gasteiger partial charge in [-0.2, -0.15) is 0 Å². The van der Waals surface area contributed by atoms with E-state index in [0.717, 1.165) is 0 Å². The number of ether oxygens (including phenoxy) is 2. The van der Waals surface area contributed by atoms with E-state index in [-0.39, 0.29) is 17.4 Å². The maximum atomic E-state index is 13.2. The molecule has 1 unspecified atom stereocenters. The molecule has 1 saturated heterocycles. The number of carbonyl (C=O) groups is 2. The number of benzene rings is 3. The Bertz CT molecular complexity index is 1180. The molecule has 1 heterocycles. The molecule has 1 amide bonds. The third-order valence-electron chi connectivity index (χ3n) is 5.41. The Morgan fingerprint density at radius 1 is 0.879 bits per heavy atom. The molecule has 0 aliphatic carbocycles. The summed E-state index contributed by atoms with van der Waals surface area (Å²) in [5.41, 5.74) is 1.71. The number of ketones is 1. The molecule has 3 aromatic carbocycles. The zero-order valence-electron chi connectivity index (χ0n) is 18.7. The number of Topliss-reactive ketones (excluding diaryl/α,β-unsaturated/α-hetero) is 1. The van der Waals surface area contributed by atoms with Crippen LogP contribution in [-0.4, -0.2) is 30.0 Å². The fourth-order valence-electron chi connectivity index (χ4n) is 3.91. The van der Waals surface area contributed by atoms with Crippen molar-refractivity contribution in [3.63, 3.8) is 0 Å². The van der Waals surface area contributed by atoms with Crippen molar-refractivity contribution in [1.82, 2.24) is 0 Å². The largest absolute Gasteiger partial charge is 0.507 e. The van der Waals surface area contributed by atoms with Crippen LogP contribution >= 0.6 is 0 Å². The molecule has 1 fully saturated rings. The normalized spacial score (nSPS) is 17.5. The standard InChI is InChI=1S/C27H25NO5/c1-17(2)33-22-15-11-20(12-16-22)28-24(18-9-13-21(32-3)14-10-18)23(26(30)27(28)31)25(29)19-7-5-4-6-8-19/h4-17,24,29H,1-3H3/b25-23+. The summed E-state index contributed by atoms with van der Waals surface area (Å²) in [6.07, 6.45) is 0.00949. The minimum Gasteiger partial charge on any atom is -0.507 e. The van der Waals surface area contributed by atoms with E-state index in [1.807, 2.05) is 19.9 Å². The van der Waals surface area contributed by atoms with Gasteiger partial charge in [0.05, 0.1) is 24.8 Å². The molecule has 6 heteroatoms. The van der Waals surface area contributed by atoms with Crippen molar-refractivity contribution >= 4 is 23.1 Å². The van der Waals surface area contributed by atoms with Crippen molar-refractivity contribution in [3.05, 3.63) is 95.6 Å². The van der Waals surface area contributed by atoms with Gasteiger partial charge in [0.2, 0.25) is 0 Å². The first-order chi connectivity index (χ1) is 15.9. The van der Waals surface area contributed by atoms with E-state index in [1.165, 1.54) is 4.90 Å². The summed E-state index contributed by atoms with van der Waals surface area (Å²) in [4.78, 5) is 27.8. The average Bonchev–Trinajstić information content (AvgIpc) is 3.10. The number of anilines is 1. The minimum atomic E-state index is -0.798. The molecule has 168 valence electrons. The van der Waals surface area contributed by atoms with E-state index < -0.39 is 17.7 Å². The molecular weight excluding hydrogens is 418 g/mol. The van der Waals surface area contributed by atoms with Gasteiger partial charge in [-0.25, -0.2) is 0 Å². The van der Waals surface area contributed by atoms with Gasteiger partial charge in [-0.05, 0) is 55.8 Å². The highest BCUT2D eigenvalue weighted by molar-refractivity contribution is 6.51. The highest BCUT2D eigenvalue weighted by Crippen LogP contribution is 2.42.